The molecule has 0 fully saturated rings. The summed E-state index contributed by atoms with van der Waals surface area (Å²) < 4.78 is 25.5. The molecule has 1 amide bonds. The first kappa shape index (κ1) is 10.3. The summed E-state index contributed by atoms with van der Waals surface area (Å²) in [7, 11) is 0. The first-order valence-corrected chi connectivity index (χ1v) is 3.73. The maximum atomic E-state index is 12.9. The standard InChI is InChI=1S/C9H6F2NO2/c10-6-1-2-8(11)7(5-6)9(14)12-3-4-13/h1-2,5H,3H2,(H,12,14). The molecule has 0 saturated carbocycles. The summed E-state index contributed by atoms with van der Waals surface area (Å²) in [4.78, 5) is 20.9. The van der Waals surface area contributed by atoms with Gasteiger partial charge in [0.1, 0.15) is 11.6 Å². The van der Waals surface area contributed by atoms with E-state index in [4.69, 9.17) is 0 Å². The van der Waals surface area contributed by atoms with Crippen molar-refractivity contribution < 1.29 is 18.4 Å². The van der Waals surface area contributed by atoms with Gasteiger partial charge in [-0.25, -0.2) is 8.78 Å². The van der Waals surface area contributed by atoms with Crippen LogP contribution in [0.2, 0.25) is 0 Å². The van der Waals surface area contributed by atoms with Crippen molar-refractivity contribution in [1.82, 2.24) is 5.32 Å². The molecule has 0 aliphatic rings. The zero-order chi connectivity index (χ0) is 10.6. The zero-order valence-corrected chi connectivity index (χ0v) is 7.01. The fourth-order valence-corrected chi connectivity index (χ4v) is 0.883. The van der Waals surface area contributed by atoms with E-state index in [1.807, 2.05) is 5.32 Å². The molecule has 1 aromatic rings. The van der Waals surface area contributed by atoms with E-state index >= 15 is 0 Å². The van der Waals surface area contributed by atoms with Gasteiger partial charge in [-0.05, 0) is 18.2 Å². The third-order valence-corrected chi connectivity index (χ3v) is 1.49. The highest BCUT2D eigenvalue weighted by Gasteiger charge is 2.11. The molecule has 0 bridgehead atoms. The maximum absolute atomic E-state index is 12.9. The van der Waals surface area contributed by atoms with Crippen molar-refractivity contribution in [2.24, 2.45) is 0 Å². The highest BCUT2D eigenvalue weighted by atomic mass is 19.1. The lowest BCUT2D eigenvalue weighted by Crippen LogP contribution is -2.26. The quantitative estimate of drug-likeness (QED) is 0.780. The van der Waals surface area contributed by atoms with Gasteiger partial charge in [0.05, 0.1) is 12.1 Å². The third-order valence-electron chi connectivity index (χ3n) is 1.49. The first-order valence-electron chi connectivity index (χ1n) is 3.73. The second kappa shape index (κ2) is 4.45. The van der Waals surface area contributed by atoms with Gasteiger partial charge in [0.25, 0.3) is 5.91 Å². The molecule has 1 N–H and O–H groups in total. The van der Waals surface area contributed by atoms with Crippen LogP contribution in [0, 0.1) is 11.6 Å². The predicted molar refractivity (Wildman–Crippen MR) is 44.4 cm³/mol. The number of amides is 1. The number of nitrogens with one attached hydrogen (secondary N) is 1. The third kappa shape index (κ3) is 2.35. The van der Waals surface area contributed by atoms with Crippen LogP contribution in [0.15, 0.2) is 18.2 Å². The van der Waals surface area contributed by atoms with Crippen LogP contribution in [0.1, 0.15) is 10.4 Å². The Morgan fingerprint density at radius 1 is 1.43 bits per heavy atom. The summed E-state index contributed by atoms with van der Waals surface area (Å²) in [5.41, 5.74) is -0.430. The van der Waals surface area contributed by atoms with Crippen LogP contribution < -0.4 is 5.32 Å². The topological polar surface area (TPSA) is 46.2 Å². The Balaban J connectivity index is 2.88. The Kier molecular flexibility index (Phi) is 3.28. The van der Waals surface area contributed by atoms with Crippen molar-refractivity contribution in [3.63, 3.8) is 0 Å². The molecule has 0 aliphatic heterocycles. The molecule has 0 atom stereocenters. The molecular formula is C9H6F2NO2. The van der Waals surface area contributed by atoms with Crippen LogP contribution in [-0.4, -0.2) is 18.7 Å². The average Bonchev–Trinajstić information content (AvgIpc) is 2.18. The number of halogens is 2. The number of hydrogen-bond donors (Lipinski definition) is 1. The van der Waals surface area contributed by atoms with E-state index < -0.39 is 23.1 Å². The molecule has 0 saturated heterocycles. The molecule has 5 heteroatoms. The van der Waals surface area contributed by atoms with Gasteiger partial charge in [0, 0.05) is 0 Å². The predicted octanol–water partition coefficient (Wildman–Crippen LogP) is 0.804. The number of carbonyl (C=O) groups is 1. The van der Waals surface area contributed by atoms with Crippen LogP contribution in [0.4, 0.5) is 8.78 Å². The SMILES string of the molecule is O=[C]CNC(=O)c1cc(F)ccc1F. The molecule has 1 radical (unpaired) electrons. The minimum absolute atomic E-state index is 0.352. The van der Waals surface area contributed by atoms with Gasteiger partial charge in [0.2, 0.25) is 6.29 Å². The molecule has 0 aromatic heterocycles. The highest BCUT2D eigenvalue weighted by molar-refractivity contribution is 5.95. The lowest BCUT2D eigenvalue weighted by atomic mass is 10.2. The fraction of sp³-hybridized carbons (Fsp3) is 0.111. The Labute approximate surface area is 78.7 Å². The van der Waals surface area contributed by atoms with E-state index in [2.05, 4.69) is 0 Å². The molecule has 0 unspecified atom stereocenters. The van der Waals surface area contributed by atoms with Gasteiger partial charge >= 0.3 is 0 Å². The molecule has 1 rings (SSSR count). The summed E-state index contributed by atoms with van der Waals surface area (Å²) in [5.74, 6) is -2.40. The van der Waals surface area contributed by atoms with Gasteiger partial charge in [0.15, 0.2) is 0 Å². The van der Waals surface area contributed by atoms with Crippen LogP contribution in [0.25, 0.3) is 0 Å². The van der Waals surface area contributed by atoms with E-state index in [1.165, 1.54) is 6.29 Å². The van der Waals surface area contributed by atoms with Crippen LogP contribution in [0.3, 0.4) is 0 Å². The summed E-state index contributed by atoms with van der Waals surface area (Å²) in [6, 6.07) is 2.50. The Morgan fingerprint density at radius 3 is 2.79 bits per heavy atom. The van der Waals surface area contributed by atoms with Gasteiger partial charge < -0.3 is 5.32 Å². The number of carbonyl (C=O) groups excluding carboxylic acids is 2. The first-order chi connectivity index (χ1) is 6.65. The van der Waals surface area contributed by atoms with Crippen molar-refractivity contribution in [2.45, 2.75) is 0 Å². The van der Waals surface area contributed by atoms with E-state index in [1.54, 1.807) is 0 Å². The summed E-state index contributed by atoms with van der Waals surface area (Å²) in [6.07, 6.45) is 1.40. The van der Waals surface area contributed by atoms with Crippen molar-refractivity contribution in [3.05, 3.63) is 35.4 Å². The maximum Gasteiger partial charge on any atom is 0.254 e. The molecule has 3 nitrogen and oxygen atoms in total. The summed E-state index contributed by atoms with van der Waals surface area (Å²) in [5, 5.41) is 2.05. The Bertz CT molecular complexity index is 366. The van der Waals surface area contributed by atoms with Crippen molar-refractivity contribution in [1.29, 1.82) is 0 Å². The summed E-state index contributed by atoms with van der Waals surface area (Å²) in [6.45, 7) is -0.352. The van der Waals surface area contributed by atoms with Gasteiger partial charge in [-0.15, -0.1) is 0 Å². The number of benzene rings is 1. The molecular weight excluding hydrogens is 192 g/mol. The molecule has 73 valence electrons. The lowest BCUT2D eigenvalue weighted by Gasteiger charge is -2.02. The van der Waals surface area contributed by atoms with E-state index in [9.17, 15) is 18.4 Å². The monoisotopic (exact) mass is 198 g/mol. The van der Waals surface area contributed by atoms with E-state index in [0.717, 1.165) is 18.2 Å². The number of rotatable bonds is 3. The Morgan fingerprint density at radius 2 is 2.14 bits per heavy atom. The zero-order valence-electron chi connectivity index (χ0n) is 7.01. The normalized spacial score (nSPS) is 9.57. The second-order valence-corrected chi connectivity index (χ2v) is 2.45. The average molecular weight is 198 g/mol. The van der Waals surface area contributed by atoms with E-state index in [-0.39, 0.29) is 6.54 Å². The van der Waals surface area contributed by atoms with Crippen molar-refractivity contribution in [3.8, 4) is 0 Å². The molecule has 0 spiro atoms. The van der Waals surface area contributed by atoms with Gasteiger partial charge in [-0.1, -0.05) is 0 Å². The minimum Gasteiger partial charge on any atom is -0.344 e. The van der Waals surface area contributed by atoms with Crippen molar-refractivity contribution in [2.75, 3.05) is 6.54 Å². The Hall–Kier alpha value is -1.78. The largest absolute Gasteiger partial charge is 0.344 e. The van der Waals surface area contributed by atoms with Gasteiger partial charge in [-0.2, -0.15) is 0 Å². The minimum atomic E-state index is -0.842. The van der Waals surface area contributed by atoms with E-state index in [0.29, 0.717) is 0 Å². The van der Waals surface area contributed by atoms with Crippen molar-refractivity contribution >= 4 is 12.2 Å². The number of hydrogen-bond acceptors (Lipinski definition) is 2. The van der Waals surface area contributed by atoms with Crippen LogP contribution in [-0.2, 0) is 4.79 Å². The summed E-state index contributed by atoms with van der Waals surface area (Å²) >= 11 is 0. The highest BCUT2D eigenvalue weighted by Crippen LogP contribution is 2.08. The van der Waals surface area contributed by atoms with Crippen LogP contribution in [0.5, 0.6) is 0 Å². The lowest BCUT2D eigenvalue weighted by molar-refractivity contribution is 0.0954. The smallest absolute Gasteiger partial charge is 0.254 e. The molecule has 0 heterocycles. The molecule has 1 aromatic carbocycles. The second-order valence-electron chi connectivity index (χ2n) is 2.45. The molecule has 0 aliphatic carbocycles. The molecule has 14 heavy (non-hydrogen) atoms. The van der Waals surface area contributed by atoms with Crippen LogP contribution >= 0.6 is 0 Å². The fourth-order valence-electron chi connectivity index (χ4n) is 0.883. The van der Waals surface area contributed by atoms with Gasteiger partial charge in [-0.3, -0.25) is 9.59 Å².